The average Bonchev–Trinajstić information content (AvgIpc) is 2.88. The van der Waals surface area contributed by atoms with Gasteiger partial charge in [0.05, 0.1) is 6.54 Å². The van der Waals surface area contributed by atoms with Gasteiger partial charge in [-0.2, -0.15) is 0 Å². The van der Waals surface area contributed by atoms with Gasteiger partial charge in [0.25, 0.3) is 0 Å². The zero-order valence-electron chi connectivity index (χ0n) is 10.2. The minimum absolute atomic E-state index is 0.572. The molecule has 0 aromatic rings. The molecule has 16 heavy (non-hydrogen) atoms. The molecule has 90 valence electrons. The lowest BCUT2D eigenvalue weighted by molar-refractivity contribution is 0.265. The number of nitrogens with zero attached hydrogens (tertiary/aromatic N) is 1. The smallest absolute Gasteiger partial charge is 0.188 e. The summed E-state index contributed by atoms with van der Waals surface area (Å²) in [7, 11) is 0. The second-order valence-electron chi connectivity index (χ2n) is 5.39. The molecule has 0 heterocycles. The summed E-state index contributed by atoms with van der Waals surface area (Å²) in [6.45, 7) is 7.40. The van der Waals surface area contributed by atoms with Gasteiger partial charge in [0.1, 0.15) is 0 Å². The molecule has 2 fully saturated rings. The average molecular weight is 221 g/mol. The van der Waals surface area contributed by atoms with Crippen LogP contribution < -0.4 is 11.1 Å². The highest BCUT2D eigenvalue weighted by atomic mass is 15.1. The van der Waals surface area contributed by atoms with Crippen LogP contribution in [0.25, 0.3) is 0 Å². The number of nitrogens with two attached hydrogens (primary N) is 1. The molecule has 0 aliphatic heterocycles. The van der Waals surface area contributed by atoms with Crippen LogP contribution in [-0.4, -0.2) is 19.0 Å². The van der Waals surface area contributed by atoms with Gasteiger partial charge in [0.2, 0.25) is 0 Å². The van der Waals surface area contributed by atoms with Gasteiger partial charge in [0, 0.05) is 6.54 Å². The van der Waals surface area contributed by atoms with E-state index in [0.29, 0.717) is 12.5 Å². The van der Waals surface area contributed by atoms with Crippen molar-refractivity contribution in [2.45, 2.75) is 32.6 Å². The van der Waals surface area contributed by atoms with Gasteiger partial charge in [-0.15, -0.1) is 0 Å². The first-order valence-electron chi connectivity index (χ1n) is 6.35. The van der Waals surface area contributed by atoms with Gasteiger partial charge in [-0.1, -0.05) is 31.4 Å². The van der Waals surface area contributed by atoms with Crippen molar-refractivity contribution in [3.63, 3.8) is 0 Å². The van der Waals surface area contributed by atoms with E-state index in [0.717, 1.165) is 29.9 Å². The number of rotatable bonds is 5. The normalized spacial score (nSPS) is 29.7. The summed E-state index contributed by atoms with van der Waals surface area (Å²) in [5.74, 6) is 3.43. The van der Waals surface area contributed by atoms with E-state index in [4.69, 9.17) is 5.73 Å². The van der Waals surface area contributed by atoms with Crippen molar-refractivity contribution in [1.82, 2.24) is 5.32 Å². The van der Waals surface area contributed by atoms with Crippen LogP contribution in [0.5, 0.6) is 0 Å². The summed E-state index contributed by atoms with van der Waals surface area (Å²) in [5, 5.41) is 3.22. The zero-order valence-corrected chi connectivity index (χ0v) is 10.2. The quantitative estimate of drug-likeness (QED) is 0.423. The molecule has 0 spiro atoms. The Morgan fingerprint density at radius 1 is 1.50 bits per heavy atom. The molecule has 2 rings (SSSR count). The first kappa shape index (κ1) is 11.5. The van der Waals surface area contributed by atoms with Crippen LogP contribution >= 0.6 is 0 Å². The highest BCUT2D eigenvalue weighted by Gasteiger charge is 2.44. The monoisotopic (exact) mass is 221 g/mol. The van der Waals surface area contributed by atoms with Crippen molar-refractivity contribution in [2.75, 3.05) is 13.1 Å². The fraction of sp³-hybridized carbons (Fsp3) is 0.769. The largest absolute Gasteiger partial charge is 0.370 e. The predicted molar refractivity (Wildman–Crippen MR) is 68.2 cm³/mol. The fourth-order valence-corrected chi connectivity index (χ4v) is 2.46. The molecule has 2 aliphatic carbocycles. The van der Waals surface area contributed by atoms with Gasteiger partial charge in [0.15, 0.2) is 5.96 Å². The molecule has 3 nitrogen and oxygen atoms in total. The van der Waals surface area contributed by atoms with E-state index < -0.39 is 0 Å². The van der Waals surface area contributed by atoms with Gasteiger partial charge < -0.3 is 11.1 Å². The van der Waals surface area contributed by atoms with Crippen molar-refractivity contribution < 1.29 is 0 Å². The van der Waals surface area contributed by atoms with E-state index in [1.54, 1.807) is 0 Å². The molecular weight excluding hydrogens is 198 g/mol. The molecule has 3 N–H and O–H groups in total. The third kappa shape index (κ3) is 3.00. The molecule has 0 aromatic carbocycles. The summed E-state index contributed by atoms with van der Waals surface area (Å²) in [6, 6.07) is 0. The second kappa shape index (κ2) is 4.89. The zero-order chi connectivity index (χ0) is 11.5. The van der Waals surface area contributed by atoms with Crippen LogP contribution in [0.3, 0.4) is 0 Å². The van der Waals surface area contributed by atoms with Crippen LogP contribution in [0.1, 0.15) is 32.6 Å². The van der Waals surface area contributed by atoms with Crippen molar-refractivity contribution in [3.05, 3.63) is 12.2 Å². The van der Waals surface area contributed by atoms with Crippen molar-refractivity contribution in [3.8, 4) is 0 Å². The van der Waals surface area contributed by atoms with Gasteiger partial charge >= 0.3 is 0 Å². The minimum atomic E-state index is 0.572. The number of guanidine groups is 1. The van der Waals surface area contributed by atoms with Crippen molar-refractivity contribution in [1.29, 1.82) is 0 Å². The molecule has 0 radical (unpaired) electrons. The van der Waals surface area contributed by atoms with E-state index in [1.165, 1.54) is 25.7 Å². The minimum Gasteiger partial charge on any atom is -0.370 e. The molecule has 2 atom stereocenters. The lowest BCUT2D eigenvalue weighted by atomic mass is 9.81. The lowest BCUT2D eigenvalue weighted by Gasteiger charge is -2.25. The van der Waals surface area contributed by atoms with E-state index in [-0.39, 0.29) is 0 Å². The molecule has 0 bridgehead atoms. The summed E-state index contributed by atoms with van der Waals surface area (Å²) in [6.07, 6.45) is 5.76. The first-order chi connectivity index (χ1) is 7.66. The maximum Gasteiger partial charge on any atom is 0.188 e. The number of aliphatic imine (C=N–C) groups is 1. The molecule has 0 saturated heterocycles. The fourth-order valence-electron chi connectivity index (χ4n) is 2.46. The van der Waals surface area contributed by atoms with Gasteiger partial charge in [-0.25, -0.2) is 4.99 Å². The molecule has 2 saturated carbocycles. The van der Waals surface area contributed by atoms with Crippen LogP contribution in [0.4, 0.5) is 0 Å². The summed E-state index contributed by atoms with van der Waals surface area (Å²) in [5.41, 5.74) is 6.81. The van der Waals surface area contributed by atoms with Crippen LogP contribution in [0, 0.1) is 17.8 Å². The highest BCUT2D eigenvalue weighted by Crippen LogP contribution is 2.51. The number of hydrogen-bond acceptors (Lipinski definition) is 1. The SMILES string of the molecule is C=C(C)CN=C(N)NC[C@@H]1C[C@H]1C1CCC1. The standard InChI is InChI=1S/C13H23N3/c1-9(2)7-15-13(14)16-8-11-6-12(11)10-4-3-5-10/h10-12H,1,3-8H2,2H3,(H3,14,15,16)/t11-,12-/m0/s1. The van der Waals surface area contributed by atoms with Crippen molar-refractivity contribution >= 4 is 5.96 Å². The van der Waals surface area contributed by atoms with E-state index in [1.807, 2.05) is 6.92 Å². The summed E-state index contributed by atoms with van der Waals surface area (Å²) < 4.78 is 0. The second-order valence-corrected chi connectivity index (χ2v) is 5.39. The van der Waals surface area contributed by atoms with Gasteiger partial charge in [-0.3, -0.25) is 0 Å². The Kier molecular flexibility index (Phi) is 3.52. The van der Waals surface area contributed by atoms with E-state index in [9.17, 15) is 0 Å². The van der Waals surface area contributed by atoms with Gasteiger partial charge in [-0.05, 0) is 31.1 Å². The highest BCUT2D eigenvalue weighted by molar-refractivity contribution is 5.77. The Balaban J connectivity index is 1.61. The van der Waals surface area contributed by atoms with Crippen LogP contribution in [0.15, 0.2) is 17.1 Å². The summed E-state index contributed by atoms with van der Waals surface area (Å²) >= 11 is 0. The van der Waals surface area contributed by atoms with E-state index in [2.05, 4.69) is 16.9 Å². The molecule has 2 aliphatic rings. The third-order valence-electron chi connectivity index (χ3n) is 3.80. The third-order valence-corrected chi connectivity index (χ3v) is 3.80. The predicted octanol–water partition coefficient (Wildman–Crippen LogP) is 1.90. The molecule has 0 unspecified atom stereocenters. The Morgan fingerprint density at radius 3 is 2.81 bits per heavy atom. The Hall–Kier alpha value is -0.990. The molecule has 3 heteroatoms. The van der Waals surface area contributed by atoms with Crippen LogP contribution in [0.2, 0.25) is 0 Å². The van der Waals surface area contributed by atoms with Crippen LogP contribution in [-0.2, 0) is 0 Å². The topological polar surface area (TPSA) is 50.4 Å². The Bertz CT molecular complexity index is 292. The maximum atomic E-state index is 5.76. The van der Waals surface area contributed by atoms with Crippen molar-refractivity contribution in [2.24, 2.45) is 28.5 Å². The first-order valence-corrected chi connectivity index (χ1v) is 6.35. The molecule has 0 amide bonds. The Labute approximate surface area is 98.2 Å². The lowest BCUT2D eigenvalue weighted by Crippen LogP contribution is -2.34. The van der Waals surface area contributed by atoms with E-state index >= 15 is 0 Å². The number of hydrogen-bond donors (Lipinski definition) is 2. The number of nitrogens with one attached hydrogen (secondary N) is 1. The Morgan fingerprint density at radius 2 is 2.25 bits per heavy atom. The molecular formula is C13H23N3. The summed E-state index contributed by atoms with van der Waals surface area (Å²) in [4.78, 5) is 4.21. The molecule has 0 aromatic heterocycles. The maximum absolute atomic E-state index is 5.76.